The summed E-state index contributed by atoms with van der Waals surface area (Å²) in [6.07, 6.45) is 6.29. The zero-order chi connectivity index (χ0) is 20.1. The Morgan fingerprint density at radius 3 is 2.96 bits per heavy atom. The number of aromatic nitrogens is 4. The van der Waals surface area contributed by atoms with Crippen LogP contribution in [0.5, 0.6) is 0 Å². The summed E-state index contributed by atoms with van der Waals surface area (Å²) < 4.78 is 8.22. The van der Waals surface area contributed by atoms with Gasteiger partial charge in [-0.3, -0.25) is 4.79 Å². The number of hydrogen-bond donors (Lipinski definition) is 2. The van der Waals surface area contributed by atoms with Gasteiger partial charge in [-0.1, -0.05) is 20.8 Å². The number of nitrogens with one attached hydrogen (secondary N) is 1. The van der Waals surface area contributed by atoms with Crippen molar-refractivity contribution in [1.82, 2.24) is 20.1 Å². The van der Waals surface area contributed by atoms with E-state index in [1.807, 2.05) is 20.8 Å². The van der Waals surface area contributed by atoms with E-state index in [0.717, 1.165) is 24.1 Å². The topological polar surface area (TPSA) is 116 Å². The number of ether oxygens (including phenoxy) is 1. The molecule has 0 aromatic carbocycles. The van der Waals surface area contributed by atoms with Gasteiger partial charge in [-0.2, -0.15) is 9.83 Å². The number of carbonyl (C=O) groups excluding carboxylic acids is 1. The number of rotatable bonds is 4. The van der Waals surface area contributed by atoms with E-state index in [0.29, 0.717) is 22.7 Å². The number of aliphatic hydroxyl groups excluding tert-OH is 1. The second kappa shape index (κ2) is 6.82. The van der Waals surface area contributed by atoms with Gasteiger partial charge in [0.05, 0.1) is 30.6 Å². The van der Waals surface area contributed by atoms with E-state index >= 15 is 0 Å². The Balaban J connectivity index is 1.77. The van der Waals surface area contributed by atoms with Gasteiger partial charge in [-0.05, 0) is 18.3 Å². The minimum absolute atomic E-state index is 0.0751. The van der Waals surface area contributed by atoms with E-state index in [2.05, 4.69) is 15.4 Å². The number of nitrogens with zero attached hydrogens (tertiary/aromatic N) is 4. The minimum Gasteiger partial charge on any atom is -0.619 e. The molecule has 2 N–H and O–H groups in total. The lowest BCUT2D eigenvalue weighted by molar-refractivity contribution is -0.605. The van der Waals surface area contributed by atoms with Gasteiger partial charge >= 0.3 is 0 Å². The SMILES string of the molecule is CC(C)(C)C(CO)NC(=O)c1nn(-c2c[n+]([O-])ccn2)c2c1C[C@@H]1CC[C@H]2O1. The van der Waals surface area contributed by atoms with Crippen LogP contribution in [0.25, 0.3) is 5.82 Å². The fraction of sp³-hybridized carbons (Fsp3) is 0.579. The highest BCUT2D eigenvalue weighted by atomic mass is 16.5. The predicted molar refractivity (Wildman–Crippen MR) is 98.7 cm³/mol. The van der Waals surface area contributed by atoms with E-state index < -0.39 is 6.04 Å². The van der Waals surface area contributed by atoms with Crippen LogP contribution in [-0.2, 0) is 11.2 Å². The minimum atomic E-state index is -0.406. The van der Waals surface area contributed by atoms with Gasteiger partial charge in [0.25, 0.3) is 5.91 Å². The molecule has 3 atom stereocenters. The second-order valence-corrected chi connectivity index (χ2v) is 8.50. The van der Waals surface area contributed by atoms with E-state index in [1.165, 1.54) is 18.6 Å². The number of fused-ring (bicyclic) bond motifs is 4. The summed E-state index contributed by atoms with van der Waals surface area (Å²) in [5.74, 6) is 0.00693. The first-order chi connectivity index (χ1) is 13.3. The molecule has 150 valence electrons. The molecule has 28 heavy (non-hydrogen) atoms. The number of hydrogen-bond acceptors (Lipinski definition) is 6. The Labute approximate surface area is 162 Å². The highest BCUT2D eigenvalue weighted by Gasteiger charge is 2.41. The Morgan fingerprint density at radius 2 is 2.29 bits per heavy atom. The highest BCUT2D eigenvalue weighted by molar-refractivity contribution is 5.94. The zero-order valence-electron chi connectivity index (χ0n) is 16.3. The van der Waals surface area contributed by atoms with E-state index in [1.54, 1.807) is 4.68 Å². The summed E-state index contributed by atoms with van der Waals surface area (Å²) in [4.78, 5) is 17.3. The molecule has 2 aliphatic heterocycles. The predicted octanol–water partition coefficient (Wildman–Crippen LogP) is 0.814. The van der Waals surface area contributed by atoms with Crippen molar-refractivity contribution in [2.24, 2.45) is 5.41 Å². The molecule has 4 heterocycles. The highest BCUT2D eigenvalue weighted by Crippen LogP contribution is 2.42. The summed E-state index contributed by atoms with van der Waals surface area (Å²) in [6, 6.07) is -0.406. The van der Waals surface area contributed by atoms with Crippen molar-refractivity contribution in [3.63, 3.8) is 0 Å². The fourth-order valence-corrected chi connectivity index (χ4v) is 3.87. The summed E-state index contributed by atoms with van der Waals surface area (Å²) in [5, 5.41) is 28.8. The standard InChI is InChI=1S/C19H25N5O4/c1-19(2,3)14(10-25)21-18(26)16-12-8-11-4-5-13(28-11)17(12)24(22-16)15-9-23(27)7-6-20-15/h6-7,9,11,13-14,25H,4-5,8,10H2,1-3H3,(H,21,26)/t11-,13+,14?/m0/s1. The van der Waals surface area contributed by atoms with Gasteiger partial charge in [0.1, 0.15) is 6.10 Å². The summed E-state index contributed by atoms with van der Waals surface area (Å²) >= 11 is 0. The molecule has 9 heteroatoms. The summed E-state index contributed by atoms with van der Waals surface area (Å²) in [5.41, 5.74) is 1.63. The number of aliphatic hydroxyl groups is 1. The first-order valence-electron chi connectivity index (χ1n) is 9.52. The van der Waals surface area contributed by atoms with Gasteiger partial charge in [0.2, 0.25) is 12.0 Å². The molecule has 9 nitrogen and oxygen atoms in total. The molecule has 1 amide bonds. The Bertz CT molecular complexity index is 904. The maximum Gasteiger partial charge on any atom is 0.272 e. The number of carbonyl (C=O) groups is 1. The van der Waals surface area contributed by atoms with Crippen molar-refractivity contribution in [2.45, 2.75) is 58.3 Å². The molecule has 1 unspecified atom stereocenters. The van der Waals surface area contributed by atoms with E-state index in [9.17, 15) is 15.1 Å². The van der Waals surface area contributed by atoms with Crippen molar-refractivity contribution >= 4 is 5.91 Å². The van der Waals surface area contributed by atoms with Crippen molar-refractivity contribution in [3.8, 4) is 5.82 Å². The summed E-state index contributed by atoms with van der Waals surface area (Å²) in [6.45, 7) is 5.70. The number of amides is 1. The molecule has 0 saturated carbocycles. The maximum atomic E-state index is 13.1. The van der Waals surface area contributed by atoms with Gasteiger partial charge in [-0.15, -0.1) is 0 Å². The third kappa shape index (κ3) is 3.24. The van der Waals surface area contributed by atoms with Crippen LogP contribution >= 0.6 is 0 Å². The zero-order valence-corrected chi connectivity index (χ0v) is 16.3. The average Bonchev–Trinajstić information content (AvgIpc) is 3.21. The molecule has 4 rings (SSSR count). The Morgan fingerprint density at radius 1 is 1.50 bits per heavy atom. The van der Waals surface area contributed by atoms with Crippen molar-refractivity contribution in [3.05, 3.63) is 40.7 Å². The van der Waals surface area contributed by atoms with Crippen LogP contribution in [0, 0.1) is 10.6 Å². The molecule has 2 aromatic heterocycles. The third-order valence-corrected chi connectivity index (χ3v) is 5.50. The van der Waals surface area contributed by atoms with Crippen molar-refractivity contribution < 1.29 is 19.4 Å². The lowest BCUT2D eigenvalue weighted by Gasteiger charge is -2.29. The molecule has 2 aliphatic rings. The lowest BCUT2D eigenvalue weighted by Crippen LogP contribution is -2.46. The van der Waals surface area contributed by atoms with Gasteiger partial charge < -0.3 is 20.4 Å². The van der Waals surface area contributed by atoms with Crippen LogP contribution in [0.3, 0.4) is 0 Å². The summed E-state index contributed by atoms with van der Waals surface area (Å²) in [7, 11) is 0. The Hall–Kier alpha value is -2.52. The average molecular weight is 387 g/mol. The molecule has 2 bridgehead atoms. The molecule has 0 aliphatic carbocycles. The normalized spacial score (nSPS) is 22.0. The largest absolute Gasteiger partial charge is 0.619 e. The van der Waals surface area contributed by atoms with Crippen LogP contribution < -0.4 is 10.0 Å². The van der Waals surface area contributed by atoms with E-state index in [-0.39, 0.29) is 30.1 Å². The maximum absolute atomic E-state index is 13.1. The molecule has 0 radical (unpaired) electrons. The van der Waals surface area contributed by atoms with Crippen LogP contribution in [-0.4, -0.2) is 44.5 Å². The van der Waals surface area contributed by atoms with E-state index in [4.69, 9.17) is 4.74 Å². The van der Waals surface area contributed by atoms with Crippen LogP contribution in [0.4, 0.5) is 0 Å². The van der Waals surface area contributed by atoms with Crippen LogP contribution in [0.15, 0.2) is 18.6 Å². The van der Waals surface area contributed by atoms with Crippen LogP contribution in [0.2, 0.25) is 0 Å². The van der Waals surface area contributed by atoms with Crippen LogP contribution in [0.1, 0.15) is 61.5 Å². The van der Waals surface area contributed by atoms with Gasteiger partial charge in [-0.25, -0.2) is 9.67 Å². The smallest absolute Gasteiger partial charge is 0.272 e. The first-order valence-corrected chi connectivity index (χ1v) is 9.52. The van der Waals surface area contributed by atoms with Gasteiger partial charge in [0, 0.05) is 12.0 Å². The fourth-order valence-electron chi connectivity index (χ4n) is 3.87. The molecule has 2 aromatic rings. The lowest BCUT2D eigenvalue weighted by atomic mass is 9.87. The van der Waals surface area contributed by atoms with Gasteiger partial charge in [0.15, 0.2) is 11.9 Å². The third-order valence-electron chi connectivity index (χ3n) is 5.50. The monoisotopic (exact) mass is 387 g/mol. The molecular weight excluding hydrogens is 362 g/mol. The Kier molecular flexibility index (Phi) is 4.59. The first kappa shape index (κ1) is 18.8. The molecule has 1 fully saturated rings. The van der Waals surface area contributed by atoms with Crippen molar-refractivity contribution in [1.29, 1.82) is 0 Å². The molecular formula is C19H25N5O4. The van der Waals surface area contributed by atoms with Crippen molar-refractivity contribution in [2.75, 3.05) is 6.61 Å². The molecule has 1 saturated heterocycles. The second-order valence-electron chi connectivity index (χ2n) is 8.50. The quantitative estimate of drug-likeness (QED) is 0.592. The molecule has 0 spiro atoms.